The first-order chi connectivity index (χ1) is 4.33. The van der Waals surface area contributed by atoms with E-state index < -0.39 is 0 Å². The summed E-state index contributed by atoms with van der Waals surface area (Å²) in [7, 11) is 0. The van der Waals surface area contributed by atoms with Crippen molar-refractivity contribution in [3.8, 4) is 0 Å². The molecule has 0 aromatic carbocycles. The minimum absolute atomic E-state index is 0.723. The molecule has 0 spiro atoms. The van der Waals surface area contributed by atoms with E-state index in [1.165, 1.54) is 0 Å². The SMILES string of the molecule is CC=CN1C=CC(C)C1. The quantitative estimate of drug-likeness (QED) is 0.515. The van der Waals surface area contributed by atoms with Crippen molar-refractivity contribution in [3.05, 3.63) is 24.6 Å². The van der Waals surface area contributed by atoms with E-state index in [1.54, 1.807) is 0 Å². The van der Waals surface area contributed by atoms with Crippen LogP contribution >= 0.6 is 0 Å². The molecule has 0 amide bonds. The zero-order valence-corrected chi connectivity index (χ0v) is 6.04. The van der Waals surface area contributed by atoms with Gasteiger partial charge in [0.15, 0.2) is 0 Å². The summed E-state index contributed by atoms with van der Waals surface area (Å²) < 4.78 is 0. The summed E-state index contributed by atoms with van der Waals surface area (Å²) in [6.45, 7) is 5.40. The molecular formula is C8H13N. The van der Waals surface area contributed by atoms with Crippen LogP contribution in [0.4, 0.5) is 0 Å². The van der Waals surface area contributed by atoms with Crippen LogP contribution in [0.2, 0.25) is 0 Å². The Hall–Kier alpha value is -0.720. The number of allylic oxidation sites excluding steroid dienone is 1. The van der Waals surface area contributed by atoms with E-state index in [-0.39, 0.29) is 0 Å². The Morgan fingerprint density at radius 2 is 2.44 bits per heavy atom. The van der Waals surface area contributed by atoms with Crippen molar-refractivity contribution < 1.29 is 0 Å². The number of hydrogen-bond donors (Lipinski definition) is 0. The van der Waals surface area contributed by atoms with Crippen LogP contribution in [0.15, 0.2) is 24.6 Å². The largest absolute Gasteiger partial charge is 0.354 e. The first-order valence-electron chi connectivity index (χ1n) is 3.40. The molecule has 1 heteroatoms. The zero-order chi connectivity index (χ0) is 6.69. The molecule has 0 fully saturated rings. The van der Waals surface area contributed by atoms with Crippen molar-refractivity contribution in [2.24, 2.45) is 5.92 Å². The van der Waals surface area contributed by atoms with E-state index in [0.717, 1.165) is 12.5 Å². The van der Waals surface area contributed by atoms with Gasteiger partial charge < -0.3 is 4.90 Å². The van der Waals surface area contributed by atoms with Gasteiger partial charge in [-0.05, 0) is 25.2 Å². The lowest BCUT2D eigenvalue weighted by Gasteiger charge is -2.08. The lowest BCUT2D eigenvalue weighted by atomic mass is 10.2. The van der Waals surface area contributed by atoms with Gasteiger partial charge in [0, 0.05) is 6.54 Å². The van der Waals surface area contributed by atoms with Crippen molar-refractivity contribution in [3.63, 3.8) is 0 Å². The molecule has 0 saturated heterocycles. The van der Waals surface area contributed by atoms with E-state index >= 15 is 0 Å². The highest BCUT2D eigenvalue weighted by Crippen LogP contribution is 2.10. The molecule has 0 saturated carbocycles. The van der Waals surface area contributed by atoms with Gasteiger partial charge in [0.1, 0.15) is 0 Å². The van der Waals surface area contributed by atoms with Gasteiger partial charge in [-0.25, -0.2) is 0 Å². The van der Waals surface area contributed by atoms with Crippen LogP contribution in [0.3, 0.4) is 0 Å². The highest BCUT2D eigenvalue weighted by atomic mass is 15.1. The summed E-state index contributed by atoms with van der Waals surface area (Å²) >= 11 is 0. The van der Waals surface area contributed by atoms with Gasteiger partial charge in [0.2, 0.25) is 0 Å². The highest BCUT2D eigenvalue weighted by molar-refractivity contribution is 5.00. The molecule has 1 nitrogen and oxygen atoms in total. The summed E-state index contributed by atoms with van der Waals surface area (Å²) in [5, 5.41) is 0. The number of nitrogens with zero attached hydrogens (tertiary/aromatic N) is 1. The van der Waals surface area contributed by atoms with Crippen LogP contribution in [0.1, 0.15) is 13.8 Å². The Labute approximate surface area is 56.7 Å². The monoisotopic (exact) mass is 123 g/mol. The molecule has 0 bridgehead atoms. The molecule has 0 aromatic rings. The van der Waals surface area contributed by atoms with E-state index in [0.29, 0.717) is 0 Å². The third-order valence-corrected chi connectivity index (χ3v) is 1.45. The molecule has 1 rings (SSSR count). The van der Waals surface area contributed by atoms with Gasteiger partial charge in [-0.2, -0.15) is 0 Å². The minimum atomic E-state index is 0.723. The molecule has 0 aliphatic carbocycles. The Kier molecular flexibility index (Phi) is 1.93. The Morgan fingerprint density at radius 1 is 1.67 bits per heavy atom. The standard InChI is InChI=1S/C8H13N/c1-3-5-9-6-4-8(2)7-9/h3-6,8H,7H2,1-2H3. The second-order valence-corrected chi connectivity index (χ2v) is 2.50. The number of rotatable bonds is 1. The first-order valence-corrected chi connectivity index (χ1v) is 3.40. The summed E-state index contributed by atoms with van der Waals surface area (Å²) in [5.74, 6) is 0.723. The third-order valence-electron chi connectivity index (χ3n) is 1.45. The van der Waals surface area contributed by atoms with Crippen LogP contribution in [0, 0.1) is 5.92 Å². The molecule has 1 aliphatic heterocycles. The summed E-state index contributed by atoms with van der Waals surface area (Å²) in [6, 6.07) is 0. The predicted octanol–water partition coefficient (Wildman–Crippen LogP) is 1.99. The molecule has 1 aliphatic rings. The molecule has 1 heterocycles. The van der Waals surface area contributed by atoms with Crippen molar-refractivity contribution >= 4 is 0 Å². The molecular weight excluding hydrogens is 110 g/mol. The lowest BCUT2D eigenvalue weighted by Crippen LogP contribution is -2.08. The third kappa shape index (κ3) is 1.60. The molecule has 1 atom stereocenters. The Bertz CT molecular complexity index is 136. The molecule has 50 valence electrons. The molecule has 0 aromatic heterocycles. The van der Waals surface area contributed by atoms with Crippen LogP contribution in [-0.2, 0) is 0 Å². The van der Waals surface area contributed by atoms with Gasteiger partial charge >= 0.3 is 0 Å². The lowest BCUT2D eigenvalue weighted by molar-refractivity contribution is 0.493. The Morgan fingerprint density at radius 3 is 2.89 bits per heavy atom. The Balaban J connectivity index is 2.41. The normalized spacial score (nSPS) is 26.4. The average molecular weight is 123 g/mol. The van der Waals surface area contributed by atoms with Crippen molar-refractivity contribution in [2.75, 3.05) is 6.54 Å². The van der Waals surface area contributed by atoms with E-state index in [9.17, 15) is 0 Å². The fraction of sp³-hybridized carbons (Fsp3) is 0.500. The van der Waals surface area contributed by atoms with E-state index in [2.05, 4.69) is 36.4 Å². The van der Waals surface area contributed by atoms with Gasteiger partial charge in [0.05, 0.1) is 0 Å². The molecule has 1 unspecified atom stereocenters. The molecule has 9 heavy (non-hydrogen) atoms. The topological polar surface area (TPSA) is 3.24 Å². The van der Waals surface area contributed by atoms with Crippen LogP contribution < -0.4 is 0 Å². The van der Waals surface area contributed by atoms with Gasteiger partial charge in [-0.3, -0.25) is 0 Å². The maximum absolute atomic E-state index is 2.22. The molecule has 0 radical (unpaired) electrons. The summed E-state index contributed by atoms with van der Waals surface area (Å²) in [5.41, 5.74) is 0. The second-order valence-electron chi connectivity index (χ2n) is 2.50. The fourth-order valence-electron chi connectivity index (χ4n) is 1.01. The van der Waals surface area contributed by atoms with Crippen LogP contribution in [0.5, 0.6) is 0 Å². The predicted molar refractivity (Wildman–Crippen MR) is 39.8 cm³/mol. The first kappa shape index (κ1) is 6.40. The van der Waals surface area contributed by atoms with Crippen LogP contribution in [0.25, 0.3) is 0 Å². The minimum Gasteiger partial charge on any atom is -0.354 e. The van der Waals surface area contributed by atoms with Crippen LogP contribution in [-0.4, -0.2) is 11.4 Å². The summed E-state index contributed by atoms with van der Waals surface area (Å²) in [6.07, 6.45) is 8.51. The van der Waals surface area contributed by atoms with Gasteiger partial charge in [0.25, 0.3) is 0 Å². The zero-order valence-electron chi connectivity index (χ0n) is 6.04. The van der Waals surface area contributed by atoms with E-state index in [4.69, 9.17) is 0 Å². The van der Waals surface area contributed by atoms with E-state index in [1.807, 2.05) is 6.92 Å². The molecule has 0 N–H and O–H groups in total. The smallest absolute Gasteiger partial charge is 0.0280 e. The van der Waals surface area contributed by atoms with Crippen molar-refractivity contribution in [2.45, 2.75) is 13.8 Å². The maximum atomic E-state index is 2.22. The number of hydrogen-bond acceptors (Lipinski definition) is 1. The fourth-order valence-corrected chi connectivity index (χ4v) is 1.01. The summed E-state index contributed by atoms with van der Waals surface area (Å²) in [4.78, 5) is 2.20. The van der Waals surface area contributed by atoms with Gasteiger partial charge in [-0.15, -0.1) is 0 Å². The second kappa shape index (κ2) is 2.72. The van der Waals surface area contributed by atoms with Crippen molar-refractivity contribution in [1.82, 2.24) is 4.90 Å². The maximum Gasteiger partial charge on any atom is 0.0280 e. The van der Waals surface area contributed by atoms with Crippen molar-refractivity contribution in [1.29, 1.82) is 0 Å². The average Bonchev–Trinajstić information content (AvgIpc) is 2.17. The highest BCUT2D eigenvalue weighted by Gasteiger charge is 2.06. The van der Waals surface area contributed by atoms with Gasteiger partial charge in [-0.1, -0.05) is 19.1 Å².